The first-order valence-corrected chi connectivity index (χ1v) is 9.24. The highest BCUT2D eigenvalue weighted by molar-refractivity contribution is 6.35. The van der Waals surface area contributed by atoms with Crippen LogP contribution in [0, 0.1) is 5.82 Å². The highest BCUT2D eigenvalue weighted by Crippen LogP contribution is 2.32. The molecule has 2 heterocycles. The molecular weight excluding hydrogens is 392 g/mol. The topological polar surface area (TPSA) is 58.2 Å². The Morgan fingerprint density at radius 3 is 2.96 bits per heavy atom. The van der Waals surface area contributed by atoms with Crippen molar-refractivity contribution in [3.63, 3.8) is 0 Å². The third kappa shape index (κ3) is 3.65. The molecular formula is C19H16Cl2FN3O2. The number of halogens is 3. The van der Waals surface area contributed by atoms with Crippen molar-refractivity contribution in [2.75, 3.05) is 19.7 Å². The summed E-state index contributed by atoms with van der Waals surface area (Å²) in [6, 6.07) is 10.3. The average molecular weight is 408 g/mol. The minimum absolute atomic E-state index is 0.0429. The number of H-pyrrole nitrogens is 1. The molecule has 1 atom stereocenters. The predicted octanol–water partition coefficient (Wildman–Crippen LogP) is 4.15. The highest BCUT2D eigenvalue weighted by atomic mass is 35.5. The van der Waals surface area contributed by atoms with Crippen molar-refractivity contribution in [2.45, 2.75) is 12.5 Å². The Bertz CT molecular complexity index is 1010. The summed E-state index contributed by atoms with van der Waals surface area (Å²) in [4.78, 5) is 14.5. The van der Waals surface area contributed by atoms with Crippen LogP contribution < -0.4 is 0 Å². The van der Waals surface area contributed by atoms with Gasteiger partial charge in [0, 0.05) is 22.5 Å². The van der Waals surface area contributed by atoms with Crippen molar-refractivity contribution in [2.24, 2.45) is 0 Å². The van der Waals surface area contributed by atoms with E-state index in [-0.39, 0.29) is 17.4 Å². The second-order valence-corrected chi connectivity index (χ2v) is 7.20. The number of fused-ring (bicyclic) bond motifs is 1. The number of aromatic nitrogens is 2. The zero-order valence-corrected chi connectivity index (χ0v) is 15.7. The molecule has 1 N–H and O–H groups in total. The molecule has 1 saturated heterocycles. The Balaban J connectivity index is 1.51. The molecule has 4 rings (SSSR count). The van der Waals surface area contributed by atoms with Crippen LogP contribution in [0.1, 0.15) is 17.4 Å². The Morgan fingerprint density at radius 2 is 2.11 bits per heavy atom. The molecule has 27 heavy (non-hydrogen) atoms. The van der Waals surface area contributed by atoms with Gasteiger partial charge in [0.1, 0.15) is 11.9 Å². The lowest BCUT2D eigenvalue weighted by atomic mass is 10.1. The van der Waals surface area contributed by atoms with Gasteiger partial charge in [-0.05, 0) is 18.2 Å². The predicted molar refractivity (Wildman–Crippen MR) is 101 cm³/mol. The largest absolute Gasteiger partial charge is 0.370 e. The lowest BCUT2D eigenvalue weighted by Crippen LogP contribution is -2.43. The third-order valence-corrected chi connectivity index (χ3v) is 5.29. The fourth-order valence-electron chi connectivity index (χ4n) is 3.26. The molecule has 1 amide bonds. The van der Waals surface area contributed by atoms with Gasteiger partial charge >= 0.3 is 0 Å². The lowest BCUT2D eigenvalue weighted by molar-refractivity contribution is -0.138. The number of hydrogen-bond acceptors (Lipinski definition) is 3. The number of nitrogens with one attached hydrogen (secondary N) is 1. The first kappa shape index (κ1) is 18.2. The number of amides is 1. The Kier molecular flexibility index (Phi) is 5.04. The first-order chi connectivity index (χ1) is 13.0. The van der Waals surface area contributed by atoms with E-state index in [0.29, 0.717) is 30.3 Å². The van der Waals surface area contributed by atoms with Crippen molar-refractivity contribution < 1.29 is 13.9 Å². The molecule has 8 heteroatoms. The van der Waals surface area contributed by atoms with Gasteiger partial charge in [-0.25, -0.2) is 4.39 Å². The van der Waals surface area contributed by atoms with Crippen molar-refractivity contribution in [1.82, 2.24) is 15.1 Å². The zero-order valence-electron chi connectivity index (χ0n) is 14.2. The summed E-state index contributed by atoms with van der Waals surface area (Å²) < 4.78 is 19.5. The molecule has 1 unspecified atom stereocenters. The van der Waals surface area contributed by atoms with Crippen LogP contribution in [-0.2, 0) is 16.0 Å². The molecule has 0 saturated carbocycles. The van der Waals surface area contributed by atoms with Crippen molar-refractivity contribution in [3.8, 4) is 0 Å². The maximum absolute atomic E-state index is 13.8. The van der Waals surface area contributed by atoms with Crippen LogP contribution >= 0.6 is 23.2 Å². The van der Waals surface area contributed by atoms with E-state index in [4.69, 9.17) is 27.9 Å². The quantitative estimate of drug-likeness (QED) is 0.663. The first-order valence-electron chi connectivity index (χ1n) is 8.48. The summed E-state index contributed by atoms with van der Waals surface area (Å²) in [5.41, 5.74) is 2.08. The number of rotatable bonds is 3. The molecule has 2 aromatic carbocycles. The van der Waals surface area contributed by atoms with Crippen LogP contribution in [0.15, 0.2) is 36.4 Å². The number of carbonyl (C=O) groups is 1. The van der Waals surface area contributed by atoms with Gasteiger partial charge in [0.15, 0.2) is 0 Å². The van der Waals surface area contributed by atoms with Crippen molar-refractivity contribution >= 4 is 40.0 Å². The molecule has 1 aliphatic heterocycles. The van der Waals surface area contributed by atoms with Gasteiger partial charge in [-0.3, -0.25) is 9.89 Å². The van der Waals surface area contributed by atoms with E-state index in [0.717, 1.165) is 16.6 Å². The number of morpholine rings is 1. The summed E-state index contributed by atoms with van der Waals surface area (Å²) in [5, 5.41) is 8.36. The average Bonchev–Trinajstić information content (AvgIpc) is 3.08. The van der Waals surface area contributed by atoms with Gasteiger partial charge in [0.2, 0.25) is 5.91 Å². The van der Waals surface area contributed by atoms with Gasteiger partial charge in [-0.1, -0.05) is 41.4 Å². The molecule has 0 bridgehead atoms. The van der Waals surface area contributed by atoms with E-state index in [1.165, 1.54) is 12.1 Å². The van der Waals surface area contributed by atoms with Crippen LogP contribution in [0.2, 0.25) is 10.0 Å². The Hall–Kier alpha value is -2.15. The van der Waals surface area contributed by atoms with Crippen LogP contribution in [0.4, 0.5) is 4.39 Å². The van der Waals surface area contributed by atoms with Crippen molar-refractivity contribution in [3.05, 3.63) is 63.5 Å². The molecule has 140 valence electrons. The van der Waals surface area contributed by atoms with E-state index in [2.05, 4.69) is 10.2 Å². The van der Waals surface area contributed by atoms with Crippen LogP contribution in [0.3, 0.4) is 0 Å². The van der Waals surface area contributed by atoms with E-state index < -0.39 is 11.9 Å². The monoisotopic (exact) mass is 407 g/mol. The molecule has 5 nitrogen and oxygen atoms in total. The second-order valence-electron chi connectivity index (χ2n) is 6.38. The number of aromatic amines is 1. The Morgan fingerprint density at radius 1 is 1.30 bits per heavy atom. The molecule has 0 spiro atoms. The number of ether oxygens (including phenoxy) is 1. The standard InChI is InChI=1S/C19H16Cl2FN3O2/c20-13-8-14(21)15(22)7-12(13)18-10-25(5-6-27-18)19(26)9-17-11-3-1-2-4-16(11)23-24-17/h1-4,7-8,18H,5-6,9-10H2,(H,23,24). The highest BCUT2D eigenvalue weighted by Gasteiger charge is 2.28. The minimum atomic E-state index is -0.563. The van der Waals surface area contributed by atoms with Crippen LogP contribution in [-0.4, -0.2) is 40.7 Å². The van der Waals surface area contributed by atoms with Crippen LogP contribution in [0.5, 0.6) is 0 Å². The third-order valence-electron chi connectivity index (χ3n) is 4.67. The smallest absolute Gasteiger partial charge is 0.228 e. The maximum atomic E-state index is 13.8. The number of carbonyl (C=O) groups excluding carboxylic acids is 1. The maximum Gasteiger partial charge on any atom is 0.228 e. The summed E-state index contributed by atoms with van der Waals surface area (Å²) in [7, 11) is 0. The van der Waals surface area contributed by atoms with Crippen molar-refractivity contribution in [1.29, 1.82) is 0 Å². The molecule has 1 aliphatic rings. The molecule has 1 aromatic heterocycles. The van der Waals surface area contributed by atoms with Gasteiger partial charge in [0.25, 0.3) is 0 Å². The normalized spacial score (nSPS) is 17.4. The minimum Gasteiger partial charge on any atom is -0.370 e. The van der Waals surface area contributed by atoms with Gasteiger partial charge in [-0.2, -0.15) is 5.10 Å². The fraction of sp³-hybridized carbons (Fsp3) is 0.263. The van der Waals surface area contributed by atoms with E-state index >= 15 is 0 Å². The summed E-state index contributed by atoms with van der Waals surface area (Å²) in [6.45, 7) is 1.11. The summed E-state index contributed by atoms with van der Waals surface area (Å²) in [5.74, 6) is -0.615. The van der Waals surface area contributed by atoms with E-state index in [9.17, 15) is 9.18 Å². The number of para-hydroxylation sites is 1. The summed E-state index contributed by atoms with van der Waals surface area (Å²) >= 11 is 12.0. The molecule has 1 fully saturated rings. The fourth-order valence-corrected chi connectivity index (χ4v) is 3.77. The van der Waals surface area contributed by atoms with Gasteiger partial charge in [0.05, 0.1) is 35.8 Å². The number of hydrogen-bond donors (Lipinski definition) is 1. The number of benzene rings is 2. The SMILES string of the molecule is O=C(Cc1[nH]nc2ccccc12)N1CCOC(c2cc(F)c(Cl)cc2Cl)C1. The zero-order chi connectivity index (χ0) is 19.0. The summed E-state index contributed by atoms with van der Waals surface area (Å²) in [6.07, 6.45) is -0.295. The van der Waals surface area contributed by atoms with Gasteiger partial charge < -0.3 is 9.64 Å². The van der Waals surface area contributed by atoms with Crippen LogP contribution in [0.25, 0.3) is 10.9 Å². The molecule has 0 radical (unpaired) electrons. The second kappa shape index (κ2) is 7.46. The number of nitrogens with zero attached hydrogens (tertiary/aromatic N) is 2. The van der Waals surface area contributed by atoms with E-state index in [1.54, 1.807) is 4.90 Å². The lowest BCUT2D eigenvalue weighted by Gasteiger charge is -2.33. The molecule has 0 aliphatic carbocycles. The Labute approximate surface area is 165 Å². The van der Waals surface area contributed by atoms with Gasteiger partial charge in [-0.15, -0.1) is 0 Å². The molecule has 3 aromatic rings. The van der Waals surface area contributed by atoms with E-state index in [1.807, 2.05) is 24.3 Å².